The molecule has 3 nitrogen and oxygen atoms in total. The Morgan fingerprint density at radius 2 is 1.89 bits per heavy atom. The Labute approximate surface area is 118 Å². The fraction of sp³-hybridized carbons (Fsp3) is 0.538. The summed E-state index contributed by atoms with van der Waals surface area (Å²) in [5, 5.41) is 0. The minimum Gasteiger partial charge on any atom is -0.491 e. The average molecular weight is 309 g/mol. The van der Waals surface area contributed by atoms with Crippen molar-refractivity contribution in [3.05, 3.63) is 29.6 Å². The minimum absolute atomic E-state index is 0.00191. The molecule has 0 saturated heterocycles. The monoisotopic (exact) mass is 308 g/mol. The molecular formula is C13H18ClFO3S. The number of rotatable bonds is 8. The standard InChI is InChI=1S/C13H18ClFO3S/c1-11-6-7-12(15)13(10-11)18-8-4-2-3-5-9-19(14,16)17/h6-7,10H,2-5,8-9H2,1H3. The van der Waals surface area contributed by atoms with Crippen molar-refractivity contribution in [1.82, 2.24) is 0 Å². The maximum Gasteiger partial charge on any atom is 0.232 e. The predicted octanol–water partition coefficient (Wildman–Crippen LogP) is 3.64. The van der Waals surface area contributed by atoms with Crippen LogP contribution in [0.15, 0.2) is 18.2 Å². The van der Waals surface area contributed by atoms with Gasteiger partial charge in [-0.3, -0.25) is 0 Å². The lowest BCUT2D eigenvalue weighted by molar-refractivity contribution is 0.290. The normalized spacial score (nSPS) is 11.5. The lowest BCUT2D eigenvalue weighted by atomic mass is 10.2. The van der Waals surface area contributed by atoms with E-state index in [0.29, 0.717) is 13.0 Å². The van der Waals surface area contributed by atoms with E-state index in [2.05, 4.69) is 0 Å². The molecule has 0 aliphatic rings. The molecule has 19 heavy (non-hydrogen) atoms. The van der Waals surface area contributed by atoms with Gasteiger partial charge in [0.15, 0.2) is 11.6 Å². The van der Waals surface area contributed by atoms with E-state index in [1.54, 1.807) is 12.1 Å². The summed E-state index contributed by atoms with van der Waals surface area (Å²) >= 11 is 0. The molecule has 0 unspecified atom stereocenters. The van der Waals surface area contributed by atoms with Gasteiger partial charge in [0, 0.05) is 10.7 Å². The van der Waals surface area contributed by atoms with Crippen molar-refractivity contribution >= 4 is 19.7 Å². The molecule has 0 radical (unpaired) electrons. The van der Waals surface area contributed by atoms with Gasteiger partial charge in [-0.25, -0.2) is 12.8 Å². The Bertz CT molecular complexity index is 503. The zero-order chi connectivity index (χ0) is 14.3. The third kappa shape index (κ3) is 7.38. The van der Waals surface area contributed by atoms with Crippen molar-refractivity contribution in [3.63, 3.8) is 0 Å². The molecule has 0 N–H and O–H groups in total. The van der Waals surface area contributed by atoms with Gasteiger partial charge >= 0.3 is 0 Å². The van der Waals surface area contributed by atoms with E-state index >= 15 is 0 Å². The molecule has 108 valence electrons. The first-order valence-corrected chi connectivity index (χ1v) is 8.67. The van der Waals surface area contributed by atoms with E-state index in [1.807, 2.05) is 6.92 Å². The highest BCUT2D eigenvalue weighted by atomic mass is 35.7. The van der Waals surface area contributed by atoms with Crippen LogP contribution in [0.5, 0.6) is 5.75 Å². The van der Waals surface area contributed by atoms with Crippen LogP contribution in [-0.4, -0.2) is 20.8 Å². The molecule has 0 amide bonds. The zero-order valence-electron chi connectivity index (χ0n) is 10.9. The van der Waals surface area contributed by atoms with Gasteiger partial charge in [-0.15, -0.1) is 0 Å². The smallest absolute Gasteiger partial charge is 0.232 e. The van der Waals surface area contributed by atoms with Crippen LogP contribution in [0.2, 0.25) is 0 Å². The molecule has 0 bridgehead atoms. The molecule has 0 aliphatic carbocycles. The van der Waals surface area contributed by atoms with Crippen molar-refractivity contribution in [3.8, 4) is 5.75 Å². The zero-order valence-corrected chi connectivity index (χ0v) is 12.4. The number of hydrogen-bond acceptors (Lipinski definition) is 3. The van der Waals surface area contributed by atoms with E-state index in [0.717, 1.165) is 24.8 Å². The van der Waals surface area contributed by atoms with Crippen LogP contribution in [-0.2, 0) is 9.05 Å². The van der Waals surface area contributed by atoms with E-state index in [1.165, 1.54) is 6.07 Å². The minimum atomic E-state index is -3.38. The Kier molecular flexibility index (Phi) is 6.58. The van der Waals surface area contributed by atoms with Crippen molar-refractivity contribution in [2.45, 2.75) is 32.6 Å². The molecule has 0 saturated carbocycles. The highest BCUT2D eigenvalue weighted by Gasteiger charge is 2.05. The van der Waals surface area contributed by atoms with Crippen LogP contribution in [0.25, 0.3) is 0 Å². The summed E-state index contributed by atoms with van der Waals surface area (Å²) in [5.74, 6) is -0.0933. The van der Waals surface area contributed by atoms with Crippen LogP contribution in [0.1, 0.15) is 31.2 Å². The van der Waals surface area contributed by atoms with Crippen molar-refractivity contribution in [2.75, 3.05) is 12.4 Å². The topological polar surface area (TPSA) is 43.4 Å². The van der Waals surface area contributed by atoms with Gasteiger partial charge in [-0.05, 0) is 37.5 Å². The second-order valence-corrected chi connectivity index (χ2v) is 7.34. The van der Waals surface area contributed by atoms with Gasteiger partial charge in [-0.1, -0.05) is 18.9 Å². The summed E-state index contributed by atoms with van der Waals surface area (Å²) in [4.78, 5) is 0. The van der Waals surface area contributed by atoms with Gasteiger partial charge < -0.3 is 4.74 Å². The van der Waals surface area contributed by atoms with Crippen molar-refractivity contribution < 1.29 is 17.5 Å². The Balaban J connectivity index is 2.16. The van der Waals surface area contributed by atoms with Crippen LogP contribution in [0, 0.1) is 12.7 Å². The molecule has 0 spiro atoms. The van der Waals surface area contributed by atoms with E-state index < -0.39 is 9.05 Å². The quantitative estimate of drug-likeness (QED) is 0.544. The summed E-state index contributed by atoms with van der Waals surface area (Å²) in [6.07, 6.45) is 2.91. The second-order valence-electron chi connectivity index (χ2n) is 4.44. The summed E-state index contributed by atoms with van der Waals surface area (Å²) in [6, 6.07) is 4.74. The van der Waals surface area contributed by atoms with Gasteiger partial charge in [0.2, 0.25) is 9.05 Å². The van der Waals surface area contributed by atoms with Crippen LogP contribution in [0.3, 0.4) is 0 Å². The lowest BCUT2D eigenvalue weighted by Gasteiger charge is -2.07. The van der Waals surface area contributed by atoms with Crippen LogP contribution < -0.4 is 4.74 Å². The van der Waals surface area contributed by atoms with Gasteiger partial charge in [0.25, 0.3) is 0 Å². The van der Waals surface area contributed by atoms with Crippen molar-refractivity contribution in [1.29, 1.82) is 0 Å². The highest BCUT2D eigenvalue weighted by Crippen LogP contribution is 2.18. The van der Waals surface area contributed by atoms with E-state index in [9.17, 15) is 12.8 Å². The number of hydrogen-bond donors (Lipinski definition) is 0. The first-order valence-electron chi connectivity index (χ1n) is 6.20. The molecule has 1 rings (SSSR count). The van der Waals surface area contributed by atoms with Crippen molar-refractivity contribution in [2.24, 2.45) is 0 Å². The molecule has 6 heteroatoms. The molecule has 1 aromatic carbocycles. The Morgan fingerprint density at radius 1 is 1.21 bits per heavy atom. The van der Waals surface area contributed by atoms with E-state index in [4.69, 9.17) is 15.4 Å². The number of halogens is 2. The summed E-state index contributed by atoms with van der Waals surface area (Å²) in [5.41, 5.74) is 0.948. The largest absolute Gasteiger partial charge is 0.491 e. The number of unbranched alkanes of at least 4 members (excludes halogenated alkanes) is 3. The van der Waals surface area contributed by atoms with Gasteiger partial charge in [-0.2, -0.15) is 0 Å². The first-order chi connectivity index (χ1) is 8.88. The Hall–Kier alpha value is -0.810. The molecule has 0 aromatic heterocycles. The third-order valence-electron chi connectivity index (χ3n) is 2.63. The molecular weight excluding hydrogens is 291 g/mol. The predicted molar refractivity (Wildman–Crippen MR) is 74.7 cm³/mol. The fourth-order valence-corrected chi connectivity index (χ4v) is 2.51. The average Bonchev–Trinajstić information content (AvgIpc) is 2.31. The molecule has 0 fully saturated rings. The number of benzene rings is 1. The number of aryl methyl sites for hydroxylation is 1. The molecule has 1 aromatic rings. The lowest BCUT2D eigenvalue weighted by Crippen LogP contribution is -2.01. The SMILES string of the molecule is Cc1ccc(F)c(OCCCCCCS(=O)(=O)Cl)c1. The first kappa shape index (κ1) is 16.2. The van der Waals surface area contributed by atoms with Crippen LogP contribution >= 0.6 is 10.7 Å². The molecule has 0 aliphatic heterocycles. The summed E-state index contributed by atoms with van der Waals surface area (Å²) in [6.45, 7) is 2.30. The fourth-order valence-electron chi connectivity index (χ4n) is 1.63. The second kappa shape index (κ2) is 7.70. The van der Waals surface area contributed by atoms with Gasteiger partial charge in [0.1, 0.15) is 0 Å². The maximum atomic E-state index is 13.3. The Morgan fingerprint density at radius 3 is 2.58 bits per heavy atom. The highest BCUT2D eigenvalue weighted by molar-refractivity contribution is 8.13. The van der Waals surface area contributed by atoms with Gasteiger partial charge in [0.05, 0.1) is 12.4 Å². The summed E-state index contributed by atoms with van der Waals surface area (Å²) in [7, 11) is 1.71. The van der Waals surface area contributed by atoms with Crippen LogP contribution in [0.4, 0.5) is 4.39 Å². The maximum absolute atomic E-state index is 13.3. The van der Waals surface area contributed by atoms with E-state index in [-0.39, 0.29) is 17.3 Å². The molecule has 0 heterocycles. The molecule has 0 atom stereocenters. The summed E-state index contributed by atoms with van der Waals surface area (Å²) < 4.78 is 40.0. The number of ether oxygens (including phenoxy) is 1. The third-order valence-corrected chi connectivity index (χ3v) is 3.87.